The van der Waals surface area contributed by atoms with Crippen molar-refractivity contribution in [1.82, 2.24) is 26.6 Å². The molecule has 10 heteroatoms. The van der Waals surface area contributed by atoms with Gasteiger partial charge in [-0.2, -0.15) is 0 Å². The number of carbonyl (C=O) groups excluding carboxylic acids is 2. The third-order valence-electron chi connectivity index (χ3n) is 5.43. The first-order valence-electron chi connectivity index (χ1n) is 15.1. The van der Waals surface area contributed by atoms with Crippen molar-refractivity contribution in [2.24, 2.45) is 4.99 Å². The summed E-state index contributed by atoms with van der Waals surface area (Å²) in [6.07, 6.45) is 12.2. The third-order valence-corrected chi connectivity index (χ3v) is 5.43. The van der Waals surface area contributed by atoms with E-state index in [9.17, 15) is 9.59 Å². The van der Waals surface area contributed by atoms with E-state index in [0.717, 1.165) is 71.5 Å². The molecule has 0 aliphatic rings. The molecule has 39 heavy (non-hydrogen) atoms. The maximum Gasteiger partial charge on any atom is 0.412 e. The predicted molar refractivity (Wildman–Crippen MR) is 162 cm³/mol. The molecule has 0 radical (unpaired) electrons. The molecule has 0 atom stereocenters. The molecule has 10 nitrogen and oxygen atoms in total. The summed E-state index contributed by atoms with van der Waals surface area (Å²) in [5.74, 6) is 0. The van der Waals surface area contributed by atoms with Gasteiger partial charge in [-0.25, -0.2) is 9.59 Å². The van der Waals surface area contributed by atoms with Crippen molar-refractivity contribution in [3.8, 4) is 0 Å². The van der Waals surface area contributed by atoms with E-state index in [-0.39, 0.29) is 6.09 Å². The van der Waals surface area contributed by atoms with Crippen LogP contribution in [-0.2, 0) is 9.47 Å². The van der Waals surface area contributed by atoms with E-state index in [2.05, 4.69) is 31.6 Å². The first-order valence-corrected chi connectivity index (χ1v) is 15.1. The van der Waals surface area contributed by atoms with Gasteiger partial charge in [0, 0.05) is 13.1 Å². The second kappa shape index (κ2) is 23.9. The highest BCUT2D eigenvalue weighted by molar-refractivity contribution is 5.82. The minimum atomic E-state index is -0.489. The van der Waals surface area contributed by atoms with Crippen LogP contribution >= 0.6 is 0 Å². The van der Waals surface area contributed by atoms with Gasteiger partial charge in [0.2, 0.25) is 0 Å². The molecular weight excluding hydrogens is 496 g/mol. The summed E-state index contributed by atoms with van der Waals surface area (Å²) < 4.78 is 10.3. The molecule has 230 valence electrons. The molecule has 0 unspecified atom stereocenters. The van der Waals surface area contributed by atoms with Gasteiger partial charge in [-0.05, 0) is 119 Å². The van der Waals surface area contributed by atoms with E-state index < -0.39 is 17.3 Å². The molecule has 0 aromatic carbocycles. The molecule has 0 heterocycles. The van der Waals surface area contributed by atoms with Crippen LogP contribution in [0.25, 0.3) is 0 Å². The molecule has 5 N–H and O–H groups in total. The fourth-order valence-electron chi connectivity index (χ4n) is 3.56. The zero-order valence-corrected chi connectivity index (χ0v) is 25.9. The van der Waals surface area contributed by atoms with Gasteiger partial charge < -0.3 is 30.7 Å². The molecule has 0 bridgehead atoms. The van der Waals surface area contributed by atoms with Crippen molar-refractivity contribution in [2.75, 3.05) is 52.4 Å². The fraction of sp³-hybridized carbons (Fsp3) is 0.897. The Morgan fingerprint density at radius 1 is 0.564 bits per heavy atom. The number of rotatable bonds is 23. The standard InChI is InChI=1S/C29H60N6O4/c1-28(2,3)38-26(36)34-24-16-23-32-19-14-13-18-31-22-15-21-30-17-11-9-7-8-10-12-20-33-25-35-27(37)39-29(4,5)6/h25,30-32H,7-24H2,1-6H3,(H,34,36)(H,33,35,37). The topological polar surface area (TPSA) is 125 Å². The van der Waals surface area contributed by atoms with Crippen LogP contribution in [0.2, 0.25) is 0 Å². The number of carbonyl (C=O) groups is 2. The largest absolute Gasteiger partial charge is 0.444 e. The second-order valence-electron chi connectivity index (χ2n) is 11.9. The number of hydrogen-bond acceptors (Lipinski definition) is 8. The normalized spacial score (nSPS) is 12.1. The SMILES string of the molecule is CC(C)(C)OC(=O)NC=NCCCCCCCCNCCCNCCCCNCCCNC(=O)OC(C)(C)C. The summed E-state index contributed by atoms with van der Waals surface area (Å²) in [5.41, 5.74) is -0.935. The molecule has 0 aliphatic heterocycles. The first-order chi connectivity index (χ1) is 18.5. The predicted octanol–water partition coefficient (Wildman–Crippen LogP) is 4.73. The lowest BCUT2D eigenvalue weighted by atomic mass is 10.1. The van der Waals surface area contributed by atoms with E-state index in [0.29, 0.717) is 6.54 Å². The van der Waals surface area contributed by atoms with Gasteiger partial charge in [-0.1, -0.05) is 25.7 Å². The Hall–Kier alpha value is -1.91. The molecule has 0 saturated carbocycles. The maximum absolute atomic E-state index is 11.5. The van der Waals surface area contributed by atoms with Crippen LogP contribution in [0.15, 0.2) is 4.99 Å². The quantitative estimate of drug-likeness (QED) is 0.0700. The van der Waals surface area contributed by atoms with E-state index in [4.69, 9.17) is 9.47 Å². The van der Waals surface area contributed by atoms with Crippen molar-refractivity contribution in [3.05, 3.63) is 0 Å². The van der Waals surface area contributed by atoms with Gasteiger partial charge in [0.25, 0.3) is 0 Å². The summed E-state index contributed by atoms with van der Waals surface area (Å²) in [7, 11) is 0. The average Bonchev–Trinajstić information content (AvgIpc) is 2.81. The molecule has 0 fully saturated rings. The Morgan fingerprint density at radius 3 is 1.51 bits per heavy atom. The van der Waals surface area contributed by atoms with E-state index in [1.807, 2.05) is 41.5 Å². The number of unbranched alkanes of at least 4 members (excludes halogenated alkanes) is 6. The number of amides is 2. The molecule has 0 aromatic heterocycles. The van der Waals surface area contributed by atoms with Crippen molar-refractivity contribution in [1.29, 1.82) is 0 Å². The van der Waals surface area contributed by atoms with Crippen molar-refractivity contribution in [3.63, 3.8) is 0 Å². The van der Waals surface area contributed by atoms with Gasteiger partial charge >= 0.3 is 12.2 Å². The lowest BCUT2D eigenvalue weighted by Gasteiger charge is -2.19. The van der Waals surface area contributed by atoms with Crippen LogP contribution < -0.4 is 26.6 Å². The second-order valence-corrected chi connectivity index (χ2v) is 11.9. The van der Waals surface area contributed by atoms with Crippen LogP contribution in [0.1, 0.15) is 106 Å². The Kier molecular flexibility index (Phi) is 22.8. The van der Waals surface area contributed by atoms with Gasteiger partial charge in [0.05, 0.1) is 6.34 Å². The number of aliphatic imine (C=N–C) groups is 1. The number of hydrogen-bond donors (Lipinski definition) is 5. The van der Waals surface area contributed by atoms with Gasteiger partial charge in [-0.3, -0.25) is 10.3 Å². The Balaban J connectivity index is 3.22. The summed E-state index contributed by atoms with van der Waals surface area (Å²) in [6.45, 7) is 18.7. The molecule has 0 spiro atoms. The molecule has 0 aliphatic carbocycles. The number of nitrogens with zero attached hydrogens (tertiary/aromatic N) is 1. The van der Waals surface area contributed by atoms with Gasteiger partial charge in [-0.15, -0.1) is 0 Å². The fourth-order valence-corrected chi connectivity index (χ4v) is 3.56. The van der Waals surface area contributed by atoms with E-state index >= 15 is 0 Å². The average molecular weight is 557 g/mol. The summed E-state index contributed by atoms with van der Waals surface area (Å²) in [6, 6.07) is 0. The Labute approximate surface area is 238 Å². The van der Waals surface area contributed by atoms with E-state index in [1.54, 1.807) is 0 Å². The van der Waals surface area contributed by atoms with Crippen LogP contribution in [-0.4, -0.2) is 82.1 Å². The highest BCUT2D eigenvalue weighted by Gasteiger charge is 2.15. The number of ether oxygens (including phenoxy) is 2. The molecule has 0 aromatic rings. The first kappa shape index (κ1) is 37.1. The van der Waals surface area contributed by atoms with Gasteiger partial charge in [0.15, 0.2) is 0 Å². The Bertz CT molecular complexity index is 632. The van der Waals surface area contributed by atoms with Crippen LogP contribution in [0.4, 0.5) is 9.59 Å². The van der Waals surface area contributed by atoms with Crippen LogP contribution in [0, 0.1) is 0 Å². The molecule has 2 amide bonds. The number of nitrogens with one attached hydrogen (secondary N) is 5. The minimum absolute atomic E-state index is 0.345. The smallest absolute Gasteiger partial charge is 0.412 e. The van der Waals surface area contributed by atoms with Crippen LogP contribution in [0.3, 0.4) is 0 Å². The zero-order chi connectivity index (χ0) is 29.2. The van der Waals surface area contributed by atoms with Crippen LogP contribution in [0.5, 0.6) is 0 Å². The summed E-state index contributed by atoms with van der Waals surface area (Å²) >= 11 is 0. The maximum atomic E-state index is 11.5. The summed E-state index contributed by atoms with van der Waals surface area (Å²) in [4.78, 5) is 27.2. The zero-order valence-electron chi connectivity index (χ0n) is 25.9. The minimum Gasteiger partial charge on any atom is -0.444 e. The van der Waals surface area contributed by atoms with E-state index in [1.165, 1.54) is 44.9 Å². The lowest BCUT2D eigenvalue weighted by molar-refractivity contribution is 0.0524. The molecule has 0 saturated heterocycles. The lowest BCUT2D eigenvalue weighted by Crippen LogP contribution is -2.34. The van der Waals surface area contributed by atoms with Crippen molar-refractivity contribution in [2.45, 2.75) is 117 Å². The van der Waals surface area contributed by atoms with Crippen molar-refractivity contribution >= 4 is 18.5 Å². The Morgan fingerprint density at radius 2 is 0.974 bits per heavy atom. The monoisotopic (exact) mass is 556 g/mol. The third kappa shape index (κ3) is 32.2. The van der Waals surface area contributed by atoms with Gasteiger partial charge in [0.1, 0.15) is 11.2 Å². The number of alkyl carbamates (subject to hydrolysis) is 2. The highest BCUT2D eigenvalue weighted by Crippen LogP contribution is 2.07. The molecular formula is C29H60N6O4. The van der Waals surface area contributed by atoms with Crippen molar-refractivity contribution < 1.29 is 19.1 Å². The molecule has 0 rings (SSSR count). The highest BCUT2D eigenvalue weighted by atomic mass is 16.6. The summed E-state index contributed by atoms with van der Waals surface area (Å²) in [5, 5.41) is 15.8.